The molecule has 0 spiro atoms. The average molecular weight is 542 g/mol. The number of methoxy groups -OCH3 is 2. The molecule has 3 aromatic rings. The fourth-order valence-electron chi connectivity index (χ4n) is 4.25. The third-order valence-electron chi connectivity index (χ3n) is 5.92. The highest BCUT2D eigenvalue weighted by molar-refractivity contribution is 9.10. The Hall–Kier alpha value is -3.32. The number of nitrogens with zero attached hydrogens (tertiary/aromatic N) is 5. The molecule has 1 fully saturated rings. The zero-order valence-corrected chi connectivity index (χ0v) is 22.0. The Morgan fingerprint density at radius 3 is 2.34 bits per heavy atom. The SMILES string of the molecule is [C-]#[N+]c1c(-c2cc(OC)c(Br)c(OC)c2)nn2c(C3CCN(C(=O)OC(C)(C)C)CC3)ccnc12. The van der Waals surface area contributed by atoms with Crippen molar-refractivity contribution in [3.05, 3.63) is 46.0 Å². The minimum Gasteiger partial charge on any atom is -0.495 e. The highest BCUT2D eigenvalue weighted by Crippen LogP contribution is 2.42. The summed E-state index contributed by atoms with van der Waals surface area (Å²) in [4.78, 5) is 22.4. The zero-order valence-electron chi connectivity index (χ0n) is 20.5. The van der Waals surface area contributed by atoms with Crippen LogP contribution in [0.25, 0.3) is 21.7 Å². The number of halogens is 1. The van der Waals surface area contributed by atoms with Crippen LogP contribution in [0.3, 0.4) is 0 Å². The van der Waals surface area contributed by atoms with Gasteiger partial charge in [0.25, 0.3) is 5.69 Å². The molecule has 0 radical (unpaired) electrons. The molecule has 2 aromatic heterocycles. The summed E-state index contributed by atoms with van der Waals surface area (Å²) in [6.07, 6.45) is 2.96. The van der Waals surface area contributed by atoms with E-state index in [2.05, 4.69) is 25.8 Å². The quantitative estimate of drug-likeness (QED) is 0.386. The van der Waals surface area contributed by atoms with Crippen molar-refractivity contribution in [3.63, 3.8) is 0 Å². The van der Waals surface area contributed by atoms with Crippen LogP contribution in [-0.4, -0.2) is 58.5 Å². The second-order valence-corrected chi connectivity index (χ2v) is 10.1. The summed E-state index contributed by atoms with van der Waals surface area (Å²) in [6.45, 7) is 14.6. The molecule has 0 bridgehead atoms. The predicted octanol–water partition coefficient (Wildman–Crippen LogP) is 5.84. The van der Waals surface area contributed by atoms with E-state index in [4.69, 9.17) is 25.9 Å². The number of carbonyl (C=O) groups excluding carboxylic acids is 1. The van der Waals surface area contributed by atoms with Crippen molar-refractivity contribution in [2.45, 2.75) is 45.1 Å². The number of hydrogen-bond donors (Lipinski definition) is 0. The van der Waals surface area contributed by atoms with Gasteiger partial charge in [0.2, 0.25) is 0 Å². The van der Waals surface area contributed by atoms with Crippen LogP contribution < -0.4 is 9.47 Å². The van der Waals surface area contributed by atoms with Crippen LogP contribution in [0.2, 0.25) is 0 Å². The van der Waals surface area contributed by atoms with E-state index in [1.807, 2.05) is 39.0 Å². The fourth-order valence-corrected chi connectivity index (χ4v) is 4.80. The lowest BCUT2D eigenvalue weighted by Gasteiger charge is -2.33. The summed E-state index contributed by atoms with van der Waals surface area (Å²) in [5, 5.41) is 4.82. The molecule has 1 amide bonds. The van der Waals surface area contributed by atoms with Gasteiger partial charge in [0.15, 0.2) is 5.65 Å². The van der Waals surface area contributed by atoms with Gasteiger partial charge in [0, 0.05) is 30.9 Å². The number of benzene rings is 1. The lowest BCUT2D eigenvalue weighted by Crippen LogP contribution is -2.41. The number of carbonyl (C=O) groups is 1. The Balaban J connectivity index is 1.69. The first-order valence-corrected chi connectivity index (χ1v) is 12.1. The van der Waals surface area contributed by atoms with E-state index < -0.39 is 5.60 Å². The first kappa shape index (κ1) is 24.8. The summed E-state index contributed by atoms with van der Waals surface area (Å²) in [5.74, 6) is 1.32. The lowest BCUT2D eigenvalue weighted by atomic mass is 9.93. The Kier molecular flexibility index (Phi) is 6.90. The molecule has 10 heteroatoms. The molecule has 0 N–H and O–H groups in total. The Morgan fingerprint density at radius 1 is 1.17 bits per heavy atom. The van der Waals surface area contributed by atoms with Crippen molar-refractivity contribution in [1.29, 1.82) is 0 Å². The second-order valence-electron chi connectivity index (χ2n) is 9.35. The van der Waals surface area contributed by atoms with Crippen molar-refractivity contribution in [3.8, 4) is 22.8 Å². The van der Waals surface area contributed by atoms with E-state index in [1.165, 1.54) is 0 Å². The molecule has 0 unspecified atom stereocenters. The van der Waals surface area contributed by atoms with Crippen molar-refractivity contribution in [2.75, 3.05) is 27.3 Å². The molecule has 0 aliphatic carbocycles. The van der Waals surface area contributed by atoms with Gasteiger partial charge >= 0.3 is 6.09 Å². The number of fused-ring (bicyclic) bond motifs is 1. The van der Waals surface area contributed by atoms with Gasteiger partial charge in [-0.2, -0.15) is 5.10 Å². The van der Waals surface area contributed by atoms with Crippen LogP contribution in [0.4, 0.5) is 10.5 Å². The average Bonchev–Trinajstić information content (AvgIpc) is 3.22. The number of amides is 1. The van der Waals surface area contributed by atoms with Crippen molar-refractivity contribution < 1.29 is 19.0 Å². The van der Waals surface area contributed by atoms with Crippen molar-refractivity contribution in [2.24, 2.45) is 0 Å². The molecule has 1 aromatic carbocycles. The van der Waals surface area contributed by atoms with Gasteiger partial charge in [-0.15, -0.1) is 0 Å². The van der Waals surface area contributed by atoms with Crippen LogP contribution in [0, 0.1) is 6.57 Å². The molecule has 1 aliphatic rings. The molecule has 184 valence electrons. The maximum Gasteiger partial charge on any atom is 0.410 e. The van der Waals surface area contributed by atoms with Gasteiger partial charge in [0.1, 0.15) is 27.3 Å². The normalized spacial score (nSPS) is 14.6. The Morgan fingerprint density at radius 2 is 1.80 bits per heavy atom. The van der Waals surface area contributed by atoms with Gasteiger partial charge in [0.05, 0.1) is 20.8 Å². The molecule has 35 heavy (non-hydrogen) atoms. The largest absolute Gasteiger partial charge is 0.495 e. The molecule has 3 heterocycles. The van der Waals surface area contributed by atoms with Gasteiger partial charge < -0.3 is 19.1 Å². The van der Waals surface area contributed by atoms with Gasteiger partial charge in [-0.05, 0) is 73.3 Å². The van der Waals surface area contributed by atoms with E-state index >= 15 is 0 Å². The monoisotopic (exact) mass is 541 g/mol. The zero-order chi connectivity index (χ0) is 25.3. The van der Waals surface area contributed by atoms with E-state index in [0.29, 0.717) is 51.7 Å². The number of piperidine rings is 1. The molecule has 1 aliphatic heterocycles. The maximum atomic E-state index is 12.5. The van der Waals surface area contributed by atoms with Crippen LogP contribution in [0.15, 0.2) is 28.9 Å². The summed E-state index contributed by atoms with van der Waals surface area (Å²) < 4.78 is 18.9. The lowest BCUT2D eigenvalue weighted by molar-refractivity contribution is 0.0203. The van der Waals surface area contributed by atoms with Crippen molar-refractivity contribution in [1.82, 2.24) is 19.5 Å². The topological polar surface area (TPSA) is 82.6 Å². The first-order chi connectivity index (χ1) is 16.7. The fraction of sp³-hybridized carbons (Fsp3) is 0.440. The van der Waals surface area contributed by atoms with Crippen LogP contribution in [0.5, 0.6) is 11.5 Å². The minimum atomic E-state index is -0.523. The molecule has 0 saturated carbocycles. The number of likely N-dealkylation sites (tertiary alicyclic amines) is 1. The third-order valence-corrected chi connectivity index (χ3v) is 6.70. The van der Waals surface area contributed by atoms with Crippen LogP contribution in [0.1, 0.15) is 45.2 Å². The van der Waals surface area contributed by atoms with Crippen LogP contribution >= 0.6 is 15.9 Å². The first-order valence-electron chi connectivity index (χ1n) is 11.3. The Bertz CT molecular complexity index is 1270. The number of aromatic nitrogens is 3. The summed E-state index contributed by atoms with van der Waals surface area (Å²) in [7, 11) is 3.15. The third kappa shape index (κ3) is 4.91. The minimum absolute atomic E-state index is 0.166. The maximum absolute atomic E-state index is 12.5. The summed E-state index contributed by atoms with van der Waals surface area (Å²) in [6, 6.07) is 5.58. The number of rotatable bonds is 4. The van der Waals surface area contributed by atoms with Crippen molar-refractivity contribution >= 4 is 33.4 Å². The highest BCUT2D eigenvalue weighted by atomic mass is 79.9. The number of hydrogen-bond acceptors (Lipinski definition) is 6. The summed E-state index contributed by atoms with van der Waals surface area (Å²) >= 11 is 3.49. The molecule has 0 atom stereocenters. The Labute approximate surface area is 212 Å². The van der Waals surface area contributed by atoms with E-state index in [1.54, 1.807) is 29.8 Å². The standard InChI is InChI=1S/C25H28BrN5O4/c1-25(2,3)35-24(32)30-11-8-15(9-12-30)17-7-10-28-23-22(27-4)21(29-31(17)23)16-13-18(33-5)20(26)19(14-16)34-6/h7,10,13-15H,8-9,11-12H2,1-3,5-6H3. The second kappa shape index (κ2) is 9.74. The molecule has 1 saturated heterocycles. The highest BCUT2D eigenvalue weighted by Gasteiger charge is 2.29. The predicted molar refractivity (Wildman–Crippen MR) is 135 cm³/mol. The molecule has 4 rings (SSSR count). The van der Waals surface area contributed by atoms with Gasteiger partial charge in [-0.1, -0.05) is 0 Å². The van der Waals surface area contributed by atoms with E-state index in [0.717, 1.165) is 18.5 Å². The number of ether oxygens (including phenoxy) is 3. The van der Waals surface area contributed by atoms with Gasteiger partial charge in [-0.25, -0.2) is 19.1 Å². The smallest absolute Gasteiger partial charge is 0.410 e. The van der Waals surface area contributed by atoms with Gasteiger partial charge in [-0.3, -0.25) is 0 Å². The molecular formula is C25H28BrN5O4. The van der Waals surface area contributed by atoms with Crippen LogP contribution in [-0.2, 0) is 4.74 Å². The summed E-state index contributed by atoms with van der Waals surface area (Å²) in [5.41, 5.74) is 2.52. The van der Waals surface area contributed by atoms with E-state index in [-0.39, 0.29) is 12.0 Å². The van der Waals surface area contributed by atoms with E-state index in [9.17, 15) is 4.79 Å². The molecule has 9 nitrogen and oxygen atoms in total. The molecular weight excluding hydrogens is 514 g/mol.